The number of carbonyl (C=O) groups excluding carboxylic acids is 1. The molecule has 0 radical (unpaired) electrons. The number of benzene rings is 2. The zero-order valence-electron chi connectivity index (χ0n) is 18.1. The summed E-state index contributed by atoms with van der Waals surface area (Å²) < 4.78 is 21.3. The lowest BCUT2D eigenvalue weighted by atomic mass is 10.1. The van der Waals surface area contributed by atoms with Crippen molar-refractivity contribution in [3.8, 4) is 5.75 Å². The molecule has 0 saturated heterocycles. The first kappa shape index (κ1) is 24.4. The lowest BCUT2D eigenvalue weighted by Gasteiger charge is -2.17. The largest absolute Gasteiger partial charge is 0.483 e. The molecule has 1 unspecified atom stereocenters. The quantitative estimate of drug-likeness (QED) is 0.374. The molecule has 1 amide bonds. The van der Waals surface area contributed by atoms with Crippen LogP contribution in [-0.4, -0.2) is 26.4 Å². The van der Waals surface area contributed by atoms with Crippen molar-refractivity contribution in [2.24, 2.45) is 0 Å². The van der Waals surface area contributed by atoms with Crippen molar-refractivity contribution in [2.75, 3.05) is 11.1 Å². The fraction of sp³-hybridized carbons (Fsp3) is 0.318. The second-order valence-corrected chi connectivity index (χ2v) is 8.91. The number of ether oxygens (including phenoxy) is 1. The Labute approximate surface area is 200 Å². The van der Waals surface area contributed by atoms with Crippen LogP contribution in [0.5, 0.6) is 5.75 Å². The van der Waals surface area contributed by atoms with Crippen LogP contribution in [-0.2, 0) is 11.3 Å². The van der Waals surface area contributed by atoms with Crippen LogP contribution in [0.25, 0.3) is 0 Å². The molecule has 6 nitrogen and oxygen atoms in total. The van der Waals surface area contributed by atoms with Crippen molar-refractivity contribution in [1.82, 2.24) is 14.8 Å². The maximum atomic E-state index is 13.3. The minimum absolute atomic E-state index is 0.0501. The summed E-state index contributed by atoms with van der Waals surface area (Å²) in [5.74, 6) is 0.669. The maximum absolute atomic E-state index is 13.3. The summed E-state index contributed by atoms with van der Waals surface area (Å²) in [5.41, 5.74) is 2.31. The number of thioether (sulfide) groups is 1. The van der Waals surface area contributed by atoms with Gasteiger partial charge in [-0.1, -0.05) is 35.0 Å². The molecule has 1 aromatic heterocycles. The number of hydrogen-bond donors (Lipinski definition) is 1. The Balaban J connectivity index is 1.66. The molecule has 0 aliphatic heterocycles. The molecule has 170 valence electrons. The highest BCUT2D eigenvalue weighted by atomic mass is 35.5. The van der Waals surface area contributed by atoms with Gasteiger partial charge in [-0.2, -0.15) is 0 Å². The summed E-state index contributed by atoms with van der Waals surface area (Å²) in [6.07, 6.45) is -0.355. The van der Waals surface area contributed by atoms with E-state index in [2.05, 4.69) is 15.5 Å². The predicted octanol–water partition coefficient (Wildman–Crippen LogP) is 6.23. The first-order chi connectivity index (χ1) is 15.2. The first-order valence-electron chi connectivity index (χ1n) is 9.93. The van der Waals surface area contributed by atoms with Gasteiger partial charge in [-0.25, -0.2) is 4.39 Å². The Morgan fingerprint density at radius 3 is 2.53 bits per heavy atom. The monoisotopic (exact) mass is 496 g/mol. The number of hydrogen-bond acceptors (Lipinski definition) is 5. The van der Waals surface area contributed by atoms with Gasteiger partial charge < -0.3 is 14.6 Å². The molecule has 2 aromatic carbocycles. The fourth-order valence-electron chi connectivity index (χ4n) is 3.14. The third kappa shape index (κ3) is 5.74. The minimum Gasteiger partial charge on any atom is -0.483 e. The standard InChI is InChI=1S/C22H23Cl2FN4O2S/c1-5-29-21(14(4)31-16-8-12(2)20(24)13(3)9-16)27-28-22(29)32-11-19(30)26-15-6-7-18(25)17(23)10-15/h6-10,14H,5,11H2,1-4H3,(H,26,30). The van der Waals surface area contributed by atoms with Crippen LogP contribution in [0, 0.1) is 19.7 Å². The third-order valence-electron chi connectivity index (χ3n) is 4.68. The Morgan fingerprint density at radius 1 is 1.22 bits per heavy atom. The number of halogens is 3. The van der Waals surface area contributed by atoms with Crippen LogP contribution < -0.4 is 10.1 Å². The molecule has 0 saturated carbocycles. The van der Waals surface area contributed by atoms with E-state index in [-0.39, 0.29) is 22.8 Å². The summed E-state index contributed by atoms with van der Waals surface area (Å²) in [5, 5.41) is 12.5. The van der Waals surface area contributed by atoms with E-state index in [1.165, 1.54) is 30.0 Å². The highest BCUT2D eigenvalue weighted by Crippen LogP contribution is 2.30. The van der Waals surface area contributed by atoms with Gasteiger partial charge in [0.15, 0.2) is 17.1 Å². The van der Waals surface area contributed by atoms with Gasteiger partial charge in [-0.05, 0) is 69.2 Å². The van der Waals surface area contributed by atoms with Gasteiger partial charge in [-0.15, -0.1) is 10.2 Å². The van der Waals surface area contributed by atoms with Crippen LogP contribution in [0.3, 0.4) is 0 Å². The van der Waals surface area contributed by atoms with E-state index in [0.717, 1.165) is 16.1 Å². The molecule has 0 aliphatic rings. The smallest absolute Gasteiger partial charge is 0.234 e. The van der Waals surface area contributed by atoms with Crippen molar-refractivity contribution in [3.63, 3.8) is 0 Å². The molecular formula is C22H23Cl2FN4O2S. The lowest BCUT2D eigenvalue weighted by Crippen LogP contribution is -2.15. The van der Waals surface area contributed by atoms with Crippen LogP contribution in [0.4, 0.5) is 10.1 Å². The lowest BCUT2D eigenvalue weighted by molar-refractivity contribution is -0.113. The number of nitrogens with zero attached hydrogens (tertiary/aromatic N) is 3. The molecule has 3 aromatic rings. The average molecular weight is 497 g/mol. The molecule has 0 fully saturated rings. The van der Waals surface area contributed by atoms with E-state index >= 15 is 0 Å². The Hall–Kier alpha value is -2.29. The zero-order chi connectivity index (χ0) is 23.4. The van der Waals surface area contributed by atoms with Crippen LogP contribution in [0.15, 0.2) is 35.5 Å². The van der Waals surface area contributed by atoms with E-state index in [1.807, 2.05) is 44.4 Å². The fourth-order valence-corrected chi connectivity index (χ4v) is 4.24. The molecule has 1 atom stereocenters. The normalized spacial score (nSPS) is 12.0. The van der Waals surface area contributed by atoms with Crippen molar-refractivity contribution in [1.29, 1.82) is 0 Å². The van der Waals surface area contributed by atoms with Crippen LogP contribution in [0.2, 0.25) is 10.0 Å². The second kappa shape index (κ2) is 10.6. The summed E-state index contributed by atoms with van der Waals surface area (Å²) in [6.45, 7) is 8.35. The number of amides is 1. The number of aromatic nitrogens is 3. The molecule has 3 rings (SSSR count). The average Bonchev–Trinajstić information content (AvgIpc) is 3.16. The number of carbonyl (C=O) groups is 1. The summed E-state index contributed by atoms with van der Waals surface area (Å²) >= 11 is 13.2. The zero-order valence-corrected chi connectivity index (χ0v) is 20.4. The summed E-state index contributed by atoms with van der Waals surface area (Å²) in [4.78, 5) is 12.3. The SMILES string of the molecule is CCn1c(SCC(=O)Nc2ccc(F)c(Cl)c2)nnc1C(C)Oc1cc(C)c(Cl)c(C)c1. The molecule has 0 spiro atoms. The van der Waals surface area contributed by atoms with Gasteiger partial charge in [0.2, 0.25) is 5.91 Å². The molecule has 32 heavy (non-hydrogen) atoms. The highest BCUT2D eigenvalue weighted by Gasteiger charge is 2.20. The van der Waals surface area contributed by atoms with E-state index in [0.29, 0.717) is 29.0 Å². The summed E-state index contributed by atoms with van der Waals surface area (Å²) in [6, 6.07) is 7.80. The Morgan fingerprint density at radius 2 is 1.91 bits per heavy atom. The molecule has 1 N–H and O–H groups in total. The maximum Gasteiger partial charge on any atom is 0.234 e. The first-order valence-corrected chi connectivity index (χ1v) is 11.7. The minimum atomic E-state index is -0.539. The third-order valence-corrected chi connectivity index (χ3v) is 6.54. The number of anilines is 1. The van der Waals surface area contributed by atoms with E-state index in [1.54, 1.807) is 0 Å². The molecule has 0 bridgehead atoms. The van der Waals surface area contributed by atoms with Gasteiger partial charge in [0.1, 0.15) is 11.6 Å². The van der Waals surface area contributed by atoms with E-state index in [4.69, 9.17) is 27.9 Å². The van der Waals surface area contributed by atoms with Crippen LogP contribution in [0.1, 0.15) is 36.9 Å². The van der Waals surface area contributed by atoms with Crippen LogP contribution >= 0.6 is 35.0 Å². The molecule has 0 aliphatic carbocycles. The topological polar surface area (TPSA) is 69.0 Å². The second-order valence-electron chi connectivity index (χ2n) is 7.18. The number of nitrogens with one attached hydrogen (secondary N) is 1. The summed E-state index contributed by atoms with van der Waals surface area (Å²) in [7, 11) is 0. The van der Waals surface area contributed by atoms with E-state index in [9.17, 15) is 9.18 Å². The van der Waals surface area contributed by atoms with Gasteiger partial charge in [0.25, 0.3) is 0 Å². The van der Waals surface area contributed by atoms with Crippen molar-refractivity contribution in [2.45, 2.75) is 45.5 Å². The molecule has 1 heterocycles. The van der Waals surface area contributed by atoms with Gasteiger partial charge >= 0.3 is 0 Å². The van der Waals surface area contributed by atoms with Gasteiger partial charge in [0.05, 0.1) is 10.8 Å². The highest BCUT2D eigenvalue weighted by molar-refractivity contribution is 7.99. The van der Waals surface area contributed by atoms with Crippen molar-refractivity contribution < 1.29 is 13.9 Å². The molecular weight excluding hydrogens is 474 g/mol. The number of aryl methyl sites for hydroxylation is 2. The molecule has 10 heteroatoms. The number of rotatable bonds is 8. The predicted molar refractivity (Wildman–Crippen MR) is 126 cm³/mol. The van der Waals surface area contributed by atoms with Crippen molar-refractivity contribution in [3.05, 3.63) is 63.1 Å². The van der Waals surface area contributed by atoms with Gasteiger partial charge in [-0.3, -0.25) is 4.79 Å². The van der Waals surface area contributed by atoms with E-state index < -0.39 is 5.82 Å². The van der Waals surface area contributed by atoms with Gasteiger partial charge in [0, 0.05) is 17.3 Å². The Kier molecular flexibility index (Phi) is 8.03. The van der Waals surface area contributed by atoms with Crippen molar-refractivity contribution >= 4 is 46.6 Å². The Bertz CT molecular complexity index is 1120.